The quantitative estimate of drug-likeness (QED) is 0.489. The second-order valence-corrected chi connectivity index (χ2v) is 8.92. The SMILES string of the molecule is CCCN(CCC)C(=O)[C@H](Cc1ccccc1)N1C(=O)[C@@H]2[C@@H](C1=O)[C@H]1C=C[C@H]2CC1. The fraction of sp³-hybridized carbons (Fsp3) is 0.560. The van der Waals surface area contributed by atoms with Crippen LogP contribution in [0.4, 0.5) is 0 Å². The molecule has 1 saturated heterocycles. The van der Waals surface area contributed by atoms with Gasteiger partial charge in [-0.3, -0.25) is 19.3 Å². The van der Waals surface area contributed by atoms with E-state index in [1.165, 1.54) is 4.90 Å². The molecule has 0 unspecified atom stereocenters. The maximum atomic E-state index is 13.7. The van der Waals surface area contributed by atoms with Crippen LogP contribution in [0.1, 0.15) is 45.1 Å². The summed E-state index contributed by atoms with van der Waals surface area (Å²) < 4.78 is 0. The Morgan fingerprint density at radius 1 is 0.967 bits per heavy atom. The van der Waals surface area contributed by atoms with E-state index in [0.29, 0.717) is 19.5 Å². The average Bonchev–Trinajstić information content (AvgIpc) is 3.05. The topological polar surface area (TPSA) is 57.7 Å². The molecule has 30 heavy (non-hydrogen) atoms. The van der Waals surface area contributed by atoms with Gasteiger partial charge in [0.1, 0.15) is 6.04 Å². The van der Waals surface area contributed by atoms with Gasteiger partial charge in [-0.15, -0.1) is 0 Å². The predicted molar refractivity (Wildman–Crippen MR) is 115 cm³/mol. The molecular weight excluding hydrogens is 376 g/mol. The number of hydrogen-bond acceptors (Lipinski definition) is 3. The minimum Gasteiger partial charge on any atom is -0.341 e. The van der Waals surface area contributed by atoms with E-state index in [2.05, 4.69) is 12.2 Å². The largest absolute Gasteiger partial charge is 0.341 e. The maximum absolute atomic E-state index is 13.7. The van der Waals surface area contributed by atoms with Gasteiger partial charge >= 0.3 is 0 Å². The molecule has 1 aromatic rings. The number of amides is 3. The van der Waals surface area contributed by atoms with Gasteiger partial charge in [-0.25, -0.2) is 0 Å². The van der Waals surface area contributed by atoms with Gasteiger partial charge in [-0.05, 0) is 43.1 Å². The van der Waals surface area contributed by atoms with E-state index in [1.807, 2.05) is 49.1 Å². The van der Waals surface area contributed by atoms with Gasteiger partial charge in [0, 0.05) is 19.5 Å². The number of allylic oxidation sites excluding steroid dienone is 2. The summed E-state index contributed by atoms with van der Waals surface area (Å²) in [6, 6.07) is 8.98. The number of carbonyl (C=O) groups is 3. The molecule has 5 rings (SSSR count). The van der Waals surface area contributed by atoms with Gasteiger partial charge in [0.25, 0.3) is 0 Å². The number of hydrogen-bond donors (Lipinski definition) is 0. The molecule has 3 aliphatic carbocycles. The number of benzene rings is 1. The molecule has 3 amide bonds. The predicted octanol–water partition coefficient (Wildman–Crippen LogP) is 3.44. The second kappa shape index (κ2) is 8.75. The van der Waals surface area contributed by atoms with Gasteiger partial charge < -0.3 is 4.90 Å². The number of imide groups is 1. The molecule has 1 heterocycles. The van der Waals surface area contributed by atoms with E-state index < -0.39 is 6.04 Å². The lowest BCUT2D eigenvalue weighted by atomic mass is 9.63. The maximum Gasteiger partial charge on any atom is 0.246 e. The van der Waals surface area contributed by atoms with Crippen LogP contribution in [-0.2, 0) is 20.8 Å². The molecule has 2 bridgehead atoms. The highest BCUT2D eigenvalue weighted by atomic mass is 16.2. The van der Waals surface area contributed by atoms with E-state index in [9.17, 15) is 14.4 Å². The molecule has 0 N–H and O–H groups in total. The molecule has 5 nitrogen and oxygen atoms in total. The van der Waals surface area contributed by atoms with Crippen molar-refractivity contribution in [2.24, 2.45) is 23.7 Å². The van der Waals surface area contributed by atoms with Gasteiger partial charge in [-0.2, -0.15) is 0 Å². The molecule has 0 spiro atoms. The Hall–Kier alpha value is -2.43. The minimum atomic E-state index is -0.754. The number of fused-ring (bicyclic) bond motifs is 1. The van der Waals surface area contributed by atoms with E-state index >= 15 is 0 Å². The molecule has 0 aromatic heterocycles. The Bertz CT molecular complexity index is 796. The molecule has 2 fully saturated rings. The van der Waals surface area contributed by atoms with Crippen LogP contribution in [-0.4, -0.2) is 46.7 Å². The van der Waals surface area contributed by atoms with Gasteiger partial charge in [-0.1, -0.05) is 56.3 Å². The summed E-state index contributed by atoms with van der Waals surface area (Å²) in [4.78, 5) is 43.9. The molecule has 160 valence electrons. The van der Waals surface area contributed by atoms with E-state index in [1.54, 1.807) is 0 Å². The molecule has 1 saturated carbocycles. The monoisotopic (exact) mass is 408 g/mol. The molecule has 1 aromatic carbocycles. The summed E-state index contributed by atoms with van der Waals surface area (Å²) in [7, 11) is 0. The van der Waals surface area contributed by atoms with Crippen LogP contribution >= 0.6 is 0 Å². The molecule has 4 aliphatic rings. The van der Waals surface area contributed by atoms with Gasteiger partial charge in [0.2, 0.25) is 17.7 Å². The van der Waals surface area contributed by atoms with Crippen LogP contribution in [0.2, 0.25) is 0 Å². The summed E-state index contributed by atoms with van der Waals surface area (Å²) in [6.07, 6.45) is 8.25. The molecule has 1 aliphatic heterocycles. The van der Waals surface area contributed by atoms with E-state index in [4.69, 9.17) is 0 Å². The van der Waals surface area contributed by atoms with Crippen LogP contribution in [0.25, 0.3) is 0 Å². The first-order valence-electron chi connectivity index (χ1n) is 11.4. The van der Waals surface area contributed by atoms with Crippen molar-refractivity contribution in [1.29, 1.82) is 0 Å². The third-order valence-electron chi connectivity index (χ3n) is 6.96. The number of rotatable bonds is 8. The standard InChI is InChI=1S/C25H32N2O3/c1-3-14-26(15-4-2)23(28)20(16-17-8-6-5-7-9-17)27-24(29)21-18-10-11-19(13-12-18)22(21)25(27)30/h5-11,18-22H,3-4,12-16H2,1-2H3/t18-,19-,20-,21-,22-/m0/s1. The van der Waals surface area contributed by atoms with Crippen molar-refractivity contribution in [2.75, 3.05) is 13.1 Å². The Balaban J connectivity index is 1.67. The van der Waals surface area contributed by atoms with E-state index in [0.717, 1.165) is 31.2 Å². The van der Waals surface area contributed by atoms with Crippen LogP contribution < -0.4 is 0 Å². The summed E-state index contributed by atoms with van der Waals surface area (Å²) in [5, 5.41) is 0. The van der Waals surface area contributed by atoms with Crippen molar-refractivity contribution in [1.82, 2.24) is 9.80 Å². The fourth-order valence-electron chi connectivity index (χ4n) is 5.61. The van der Waals surface area contributed by atoms with Crippen LogP contribution in [0.15, 0.2) is 42.5 Å². The molecule has 5 heteroatoms. The lowest BCUT2D eigenvalue weighted by Gasteiger charge is -2.38. The van der Waals surface area contributed by atoms with Crippen molar-refractivity contribution >= 4 is 17.7 Å². The van der Waals surface area contributed by atoms with Crippen molar-refractivity contribution in [3.8, 4) is 0 Å². The minimum absolute atomic E-state index is 0.0943. The van der Waals surface area contributed by atoms with Crippen LogP contribution in [0.5, 0.6) is 0 Å². The zero-order valence-corrected chi connectivity index (χ0v) is 18.0. The second-order valence-electron chi connectivity index (χ2n) is 8.92. The van der Waals surface area contributed by atoms with E-state index in [-0.39, 0.29) is 41.4 Å². The third kappa shape index (κ3) is 3.59. The summed E-state index contributed by atoms with van der Waals surface area (Å²) in [5.41, 5.74) is 0.973. The van der Waals surface area contributed by atoms with Crippen LogP contribution in [0, 0.1) is 23.7 Å². The third-order valence-corrected chi connectivity index (χ3v) is 6.96. The van der Waals surface area contributed by atoms with Crippen LogP contribution in [0.3, 0.4) is 0 Å². The molecule has 5 atom stereocenters. The highest BCUT2D eigenvalue weighted by Gasteiger charge is 2.58. The Labute approximate surface area is 179 Å². The summed E-state index contributed by atoms with van der Waals surface area (Å²) >= 11 is 0. The number of carbonyl (C=O) groups excluding carboxylic acids is 3. The highest BCUT2D eigenvalue weighted by Crippen LogP contribution is 2.50. The first-order chi connectivity index (χ1) is 14.6. The van der Waals surface area contributed by atoms with Gasteiger partial charge in [0.05, 0.1) is 11.8 Å². The van der Waals surface area contributed by atoms with Crippen molar-refractivity contribution in [2.45, 2.75) is 52.0 Å². The first-order valence-corrected chi connectivity index (χ1v) is 11.4. The Kier molecular flexibility index (Phi) is 6.07. The number of nitrogens with zero attached hydrogens (tertiary/aromatic N) is 2. The fourth-order valence-corrected chi connectivity index (χ4v) is 5.61. The lowest BCUT2D eigenvalue weighted by molar-refractivity contribution is -0.151. The molecular formula is C25H32N2O3. The average molecular weight is 409 g/mol. The first kappa shape index (κ1) is 20.8. The Morgan fingerprint density at radius 3 is 1.97 bits per heavy atom. The van der Waals surface area contributed by atoms with Gasteiger partial charge in [0.15, 0.2) is 0 Å². The lowest BCUT2D eigenvalue weighted by Crippen LogP contribution is -2.53. The zero-order chi connectivity index (χ0) is 21.3. The van der Waals surface area contributed by atoms with Crippen molar-refractivity contribution in [3.05, 3.63) is 48.0 Å². The highest BCUT2D eigenvalue weighted by molar-refractivity contribution is 6.09. The number of likely N-dealkylation sites (tertiary alicyclic amines) is 1. The smallest absolute Gasteiger partial charge is 0.246 e. The zero-order valence-electron chi connectivity index (χ0n) is 18.0. The summed E-state index contributed by atoms with van der Waals surface area (Å²) in [6.45, 7) is 5.39. The van der Waals surface area contributed by atoms with Crippen molar-refractivity contribution in [3.63, 3.8) is 0 Å². The molecule has 0 radical (unpaired) electrons. The normalized spacial score (nSPS) is 28.0. The Morgan fingerprint density at radius 2 is 1.50 bits per heavy atom. The summed E-state index contributed by atoms with van der Waals surface area (Å²) in [5.74, 6) is -0.648. The van der Waals surface area contributed by atoms with Crippen molar-refractivity contribution < 1.29 is 14.4 Å².